The SMILES string of the molecule is CC(C)=C(C)[C@@H](NC(=O)c1cc(COc2ccc(F)cc2F)ccc1CCC#N)c1cc(C)cc(C)c1. The number of nitrogens with zero attached hydrogens (tertiary/aromatic N) is 1. The second-order valence-electron chi connectivity index (χ2n) is 9.52. The van der Waals surface area contributed by atoms with Gasteiger partial charge < -0.3 is 10.1 Å². The van der Waals surface area contributed by atoms with Crippen LogP contribution in [0, 0.1) is 36.8 Å². The predicted molar refractivity (Wildman–Crippen MR) is 141 cm³/mol. The minimum Gasteiger partial charge on any atom is -0.486 e. The maximum atomic E-state index is 14.0. The van der Waals surface area contributed by atoms with Crippen LogP contribution in [0.3, 0.4) is 0 Å². The molecule has 3 aromatic rings. The first-order valence-electron chi connectivity index (χ1n) is 12.2. The molecule has 1 amide bonds. The summed E-state index contributed by atoms with van der Waals surface area (Å²) >= 11 is 0. The van der Waals surface area contributed by atoms with Gasteiger partial charge in [-0.3, -0.25) is 4.79 Å². The first-order valence-corrected chi connectivity index (χ1v) is 12.2. The fourth-order valence-electron chi connectivity index (χ4n) is 4.20. The second kappa shape index (κ2) is 12.3. The zero-order valence-corrected chi connectivity index (χ0v) is 21.9. The normalized spacial score (nSPS) is 11.4. The lowest BCUT2D eigenvalue weighted by molar-refractivity contribution is 0.0941. The maximum Gasteiger partial charge on any atom is 0.252 e. The van der Waals surface area contributed by atoms with E-state index in [9.17, 15) is 13.6 Å². The molecule has 0 radical (unpaired) electrons. The Hall–Kier alpha value is -3.98. The number of hydrogen-bond acceptors (Lipinski definition) is 3. The van der Waals surface area contributed by atoms with Crippen LogP contribution in [0.4, 0.5) is 8.78 Å². The molecule has 4 nitrogen and oxygen atoms in total. The van der Waals surface area contributed by atoms with E-state index in [-0.39, 0.29) is 30.7 Å². The number of rotatable bonds is 9. The summed E-state index contributed by atoms with van der Waals surface area (Å²) in [7, 11) is 0. The number of ether oxygens (including phenoxy) is 1. The average molecular weight is 503 g/mol. The summed E-state index contributed by atoms with van der Waals surface area (Å²) in [4.78, 5) is 13.7. The molecule has 0 unspecified atom stereocenters. The van der Waals surface area contributed by atoms with Crippen LogP contribution in [0.5, 0.6) is 5.75 Å². The number of hydrogen-bond donors (Lipinski definition) is 1. The molecular formula is C31H32F2N2O2. The Bertz CT molecular complexity index is 1350. The van der Waals surface area contributed by atoms with Crippen molar-refractivity contribution >= 4 is 5.91 Å². The lowest BCUT2D eigenvalue weighted by Gasteiger charge is -2.23. The third-order valence-corrected chi connectivity index (χ3v) is 6.29. The van der Waals surface area contributed by atoms with Gasteiger partial charge in [0.1, 0.15) is 12.4 Å². The van der Waals surface area contributed by atoms with Crippen molar-refractivity contribution in [3.05, 3.63) is 111 Å². The Morgan fingerprint density at radius 2 is 1.70 bits per heavy atom. The Morgan fingerprint density at radius 1 is 1.00 bits per heavy atom. The van der Waals surface area contributed by atoms with Crippen molar-refractivity contribution in [2.24, 2.45) is 0 Å². The molecule has 0 saturated heterocycles. The summed E-state index contributed by atoms with van der Waals surface area (Å²) in [5, 5.41) is 12.3. The van der Waals surface area contributed by atoms with E-state index in [0.717, 1.165) is 45.5 Å². The van der Waals surface area contributed by atoms with E-state index in [2.05, 4.69) is 29.6 Å². The Morgan fingerprint density at radius 3 is 2.32 bits per heavy atom. The molecular weight excluding hydrogens is 470 g/mol. The van der Waals surface area contributed by atoms with Crippen LogP contribution >= 0.6 is 0 Å². The summed E-state index contributed by atoms with van der Waals surface area (Å²) in [6.45, 7) is 10.1. The smallest absolute Gasteiger partial charge is 0.252 e. The molecule has 0 aliphatic carbocycles. The van der Waals surface area contributed by atoms with Crippen LogP contribution in [0.1, 0.15) is 71.4 Å². The van der Waals surface area contributed by atoms with Crippen molar-refractivity contribution in [1.29, 1.82) is 5.26 Å². The van der Waals surface area contributed by atoms with E-state index in [1.807, 2.05) is 34.6 Å². The van der Waals surface area contributed by atoms with Crippen molar-refractivity contribution < 1.29 is 18.3 Å². The van der Waals surface area contributed by atoms with Gasteiger partial charge in [-0.15, -0.1) is 0 Å². The monoisotopic (exact) mass is 502 g/mol. The first kappa shape index (κ1) is 27.6. The molecule has 0 aliphatic heterocycles. The van der Waals surface area contributed by atoms with Gasteiger partial charge in [0.2, 0.25) is 0 Å². The predicted octanol–water partition coefficient (Wildman–Crippen LogP) is 7.44. The Labute approximate surface area is 217 Å². The van der Waals surface area contributed by atoms with E-state index in [1.54, 1.807) is 18.2 Å². The highest BCUT2D eigenvalue weighted by Crippen LogP contribution is 2.27. The molecule has 3 rings (SSSR count). The highest BCUT2D eigenvalue weighted by Gasteiger charge is 2.21. The molecule has 3 aromatic carbocycles. The fraction of sp³-hybridized carbons (Fsp3) is 0.290. The molecule has 0 spiro atoms. The van der Waals surface area contributed by atoms with Crippen molar-refractivity contribution in [1.82, 2.24) is 5.32 Å². The fourth-order valence-corrected chi connectivity index (χ4v) is 4.20. The van der Waals surface area contributed by atoms with Gasteiger partial charge in [0.15, 0.2) is 11.6 Å². The van der Waals surface area contributed by atoms with Gasteiger partial charge in [-0.1, -0.05) is 47.0 Å². The highest BCUT2D eigenvalue weighted by atomic mass is 19.1. The molecule has 0 bridgehead atoms. The molecule has 192 valence electrons. The number of nitriles is 1. The molecule has 0 saturated carbocycles. The average Bonchev–Trinajstić information content (AvgIpc) is 2.84. The van der Waals surface area contributed by atoms with Crippen molar-refractivity contribution in [3.63, 3.8) is 0 Å². The molecule has 37 heavy (non-hydrogen) atoms. The lowest BCUT2D eigenvalue weighted by atomic mass is 9.93. The molecule has 0 fully saturated rings. The third kappa shape index (κ3) is 7.27. The lowest BCUT2D eigenvalue weighted by Crippen LogP contribution is -2.30. The molecule has 0 aliphatic rings. The molecule has 1 atom stereocenters. The molecule has 0 aromatic heterocycles. The third-order valence-electron chi connectivity index (χ3n) is 6.29. The van der Waals surface area contributed by atoms with E-state index < -0.39 is 11.6 Å². The van der Waals surface area contributed by atoms with Crippen LogP contribution in [-0.4, -0.2) is 5.91 Å². The van der Waals surface area contributed by atoms with Crippen LogP contribution in [-0.2, 0) is 13.0 Å². The van der Waals surface area contributed by atoms with Gasteiger partial charge in [-0.25, -0.2) is 8.78 Å². The number of carbonyl (C=O) groups is 1. The highest BCUT2D eigenvalue weighted by molar-refractivity contribution is 5.96. The van der Waals surface area contributed by atoms with Crippen molar-refractivity contribution in [2.45, 2.75) is 60.1 Å². The summed E-state index contributed by atoms with van der Waals surface area (Å²) < 4.78 is 32.8. The number of nitrogens with one attached hydrogen (secondary N) is 1. The van der Waals surface area contributed by atoms with Gasteiger partial charge >= 0.3 is 0 Å². The minimum absolute atomic E-state index is 0.00509. The topological polar surface area (TPSA) is 62.1 Å². The maximum absolute atomic E-state index is 14.0. The van der Waals surface area contributed by atoms with Crippen LogP contribution in [0.25, 0.3) is 0 Å². The largest absolute Gasteiger partial charge is 0.486 e. The number of carbonyl (C=O) groups excluding carboxylic acids is 1. The Balaban J connectivity index is 1.94. The summed E-state index contributed by atoms with van der Waals surface area (Å²) in [5.74, 6) is -1.82. The van der Waals surface area contributed by atoms with Gasteiger partial charge in [0, 0.05) is 18.1 Å². The number of allylic oxidation sites excluding steroid dienone is 1. The zero-order chi connectivity index (χ0) is 27.1. The first-order chi connectivity index (χ1) is 17.6. The standard InChI is InChI=1S/C31H32F2N2O2/c1-19(2)22(5)30(25-14-20(3)13-21(4)15-25)35-31(36)27-16-23(8-9-24(27)7-6-12-34)18-37-29-11-10-26(32)17-28(29)33/h8-11,13-17,30H,6-7,18H2,1-5H3,(H,35,36)/t30-/m1/s1. The number of amides is 1. The van der Waals surface area contributed by atoms with Gasteiger partial charge in [0.25, 0.3) is 5.91 Å². The molecule has 1 N–H and O–H groups in total. The van der Waals surface area contributed by atoms with E-state index in [4.69, 9.17) is 10.00 Å². The van der Waals surface area contributed by atoms with E-state index in [0.29, 0.717) is 17.5 Å². The van der Waals surface area contributed by atoms with Crippen molar-refractivity contribution in [3.8, 4) is 11.8 Å². The summed E-state index contributed by atoms with van der Waals surface area (Å²) in [5.41, 5.74) is 7.19. The van der Waals surface area contributed by atoms with E-state index >= 15 is 0 Å². The van der Waals surface area contributed by atoms with Gasteiger partial charge in [0.05, 0.1) is 12.1 Å². The Kier molecular flexibility index (Phi) is 9.19. The van der Waals surface area contributed by atoms with Crippen LogP contribution < -0.4 is 10.1 Å². The number of benzene rings is 3. The number of aryl methyl sites for hydroxylation is 3. The molecule has 6 heteroatoms. The van der Waals surface area contributed by atoms with Gasteiger partial charge in [-0.05, 0) is 81.5 Å². The van der Waals surface area contributed by atoms with Gasteiger partial charge in [-0.2, -0.15) is 5.26 Å². The van der Waals surface area contributed by atoms with Crippen LogP contribution in [0.2, 0.25) is 0 Å². The van der Waals surface area contributed by atoms with Crippen molar-refractivity contribution in [2.75, 3.05) is 0 Å². The second-order valence-corrected chi connectivity index (χ2v) is 9.52. The zero-order valence-electron chi connectivity index (χ0n) is 21.9. The quantitative estimate of drug-likeness (QED) is 0.309. The minimum atomic E-state index is -0.794. The molecule has 0 heterocycles. The summed E-state index contributed by atoms with van der Waals surface area (Å²) in [6, 6.07) is 16.5. The van der Waals surface area contributed by atoms with Crippen LogP contribution in [0.15, 0.2) is 65.7 Å². The number of halogens is 2. The van der Waals surface area contributed by atoms with E-state index in [1.165, 1.54) is 6.07 Å². The summed E-state index contributed by atoms with van der Waals surface area (Å²) in [6.07, 6.45) is 0.688.